The number of carbonyl (C=O) groups is 1. The molecular formula is C33H41ClF2N6O2. The number of carbonyl (C=O) groups excluding carboxylic acids is 1. The van der Waals surface area contributed by atoms with Gasteiger partial charge in [0.25, 0.3) is 0 Å². The van der Waals surface area contributed by atoms with Crippen LogP contribution < -0.4 is 15.0 Å². The monoisotopic (exact) mass is 626 g/mol. The molecule has 7 rings (SSSR count). The van der Waals surface area contributed by atoms with Crippen molar-refractivity contribution in [1.82, 2.24) is 19.8 Å². The summed E-state index contributed by atoms with van der Waals surface area (Å²) in [5.41, 5.74) is 2.89. The van der Waals surface area contributed by atoms with Gasteiger partial charge in [0.2, 0.25) is 5.91 Å². The van der Waals surface area contributed by atoms with Gasteiger partial charge in [-0.1, -0.05) is 36.4 Å². The molecule has 3 saturated heterocycles. The SMILES string of the molecule is C=CC(=O)N1CCCC1.CNc1nc(OC)nc2c1CCN(c1cccc3ccc(F)c(Cl)c13)C2.FC1CC2CCCN2C1. The second-order valence-corrected chi connectivity index (χ2v) is 11.9. The highest BCUT2D eigenvalue weighted by atomic mass is 35.5. The fourth-order valence-electron chi connectivity index (χ4n) is 6.56. The lowest BCUT2D eigenvalue weighted by Crippen LogP contribution is -2.32. The highest BCUT2D eigenvalue weighted by Gasteiger charge is 2.34. The van der Waals surface area contributed by atoms with Gasteiger partial charge in [0.1, 0.15) is 17.8 Å². The van der Waals surface area contributed by atoms with Gasteiger partial charge in [0, 0.05) is 55.9 Å². The lowest BCUT2D eigenvalue weighted by molar-refractivity contribution is -0.124. The summed E-state index contributed by atoms with van der Waals surface area (Å²) in [6.45, 7) is 8.46. The van der Waals surface area contributed by atoms with Gasteiger partial charge in [-0.2, -0.15) is 9.97 Å². The van der Waals surface area contributed by atoms with E-state index in [1.54, 1.807) is 13.2 Å². The van der Waals surface area contributed by atoms with Crippen molar-refractivity contribution in [2.45, 2.75) is 57.3 Å². The Morgan fingerprint density at radius 3 is 2.64 bits per heavy atom. The Hall–Kier alpha value is -3.50. The molecule has 236 valence electrons. The molecule has 2 atom stereocenters. The van der Waals surface area contributed by atoms with E-state index in [0.29, 0.717) is 25.1 Å². The van der Waals surface area contributed by atoms with Crippen LogP contribution in [0, 0.1) is 5.82 Å². The Bertz CT molecular complexity index is 1470. The molecule has 4 aliphatic rings. The Kier molecular flexibility index (Phi) is 10.5. The first-order valence-corrected chi connectivity index (χ1v) is 15.7. The van der Waals surface area contributed by atoms with Crippen LogP contribution in [0.1, 0.15) is 43.4 Å². The van der Waals surface area contributed by atoms with Gasteiger partial charge in [0.15, 0.2) is 0 Å². The van der Waals surface area contributed by atoms with E-state index < -0.39 is 12.0 Å². The number of fused-ring (bicyclic) bond motifs is 3. The van der Waals surface area contributed by atoms with E-state index in [4.69, 9.17) is 16.3 Å². The molecule has 2 unspecified atom stereocenters. The van der Waals surface area contributed by atoms with Crippen LogP contribution in [0.4, 0.5) is 20.3 Å². The van der Waals surface area contributed by atoms with E-state index in [1.165, 1.54) is 25.0 Å². The fourth-order valence-corrected chi connectivity index (χ4v) is 6.83. The molecule has 1 amide bonds. The third-order valence-corrected chi connectivity index (χ3v) is 9.14. The molecule has 0 spiro atoms. The Balaban J connectivity index is 0.000000172. The number of methoxy groups -OCH3 is 1. The number of nitrogens with one attached hydrogen (secondary N) is 1. The van der Waals surface area contributed by atoms with Crippen LogP contribution in [0.5, 0.6) is 6.01 Å². The number of hydrogen-bond donors (Lipinski definition) is 1. The van der Waals surface area contributed by atoms with E-state index in [9.17, 15) is 13.6 Å². The first-order chi connectivity index (χ1) is 21.3. The number of anilines is 2. The van der Waals surface area contributed by atoms with Crippen LogP contribution in [0.2, 0.25) is 5.02 Å². The minimum Gasteiger partial charge on any atom is -0.467 e. The zero-order valence-electron chi connectivity index (χ0n) is 25.5. The summed E-state index contributed by atoms with van der Waals surface area (Å²) in [4.78, 5) is 26.0. The third-order valence-electron chi connectivity index (χ3n) is 8.77. The number of hydrogen-bond acceptors (Lipinski definition) is 7. The number of alkyl halides is 1. The maximum Gasteiger partial charge on any atom is 0.318 e. The lowest BCUT2D eigenvalue weighted by Gasteiger charge is -2.32. The Labute approximate surface area is 263 Å². The molecule has 3 fully saturated rings. The molecule has 1 N–H and O–H groups in total. The van der Waals surface area contributed by atoms with E-state index in [1.807, 2.05) is 30.1 Å². The zero-order valence-corrected chi connectivity index (χ0v) is 26.3. The lowest BCUT2D eigenvalue weighted by atomic mass is 10.0. The summed E-state index contributed by atoms with van der Waals surface area (Å²) in [5, 5.41) is 4.91. The van der Waals surface area contributed by atoms with Gasteiger partial charge in [-0.3, -0.25) is 9.69 Å². The molecule has 8 nitrogen and oxygen atoms in total. The van der Waals surface area contributed by atoms with Gasteiger partial charge in [-0.25, -0.2) is 8.78 Å². The molecule has 0 radical (unpaired) electrons. The molecule has 2 aromatic carbocycles. The van der Waals surface area contributed by atoms with Crippen LogP contribution in [-0.4, -0.2) is 84.8 Å². The van der Waals surface area contributed by atoms with Gasteiger partial charge < -0.3 is 19.9 Å². The van der Waals surface area contributed by atoms with E-state index in [2.05, 4.69) is 31.7 Å². The van der Waals surface area contributed by atoms with Gasteiger partial charge in [-0.15, -0.1) is 0 Å². The summed E-state index contributed by atoms with van der Waals surface area (Å²) < 4.78 is 31.9. The zero-order chi connectivity index (χ0) is 31.2. The number of likely N-dealkylation sites (tertiary alicyclic amines) is 1. The van der Waals surface area contributed by atoms with Crippen molar-refractivity contribution in [3.05, 3.63) is 65.1 Å². The predicted octanol–water partition coefficient (Wildman–Crippen LogP) is 6.02. The van der Waals surface area contributed by atoms with Crippen molar-refractivity contribution in [2.75, 3.05) is 57.1 Å². The Morgan fingerprint density at radius 2 is 1.93 bits per heavy atom. The Morgan fingerprint density at radius 1 is 1.14 bits per heavy atom. The van der Waals surface area contributed by atoms with Crippen molar-refractivity contribution in [2.24, 2.45) is 0 Å². The number of rotatable bonds is 4. The highest BCUT2D eigenvalue weighted by molar-refractivity contribution is 6.36. The topological polar surface area (TPSA) is 73.8 Å². The molecule has 0 aliphatic carbocycles. The summed E-state index contributed by atoms with van der Waals surface area (Å²) >= 11 is 6.29. The maximum absolute atomic E-state index is 14.0. The normalized spacial score (nSPS) is 20.7. The number of amides is 1. The van der Waals surface area contributed by atoms with Crippen molar-refractivity contribution < 1.29 is 18.3 Å². The van der Waals surface area contributed by atoms with Crippen molar-refractivity contribution in [1.29, 1.82) is 0 Å². The molecule has 0 bridgehead atoms. The minimum absolute atomic E-state index is 0.0764. The van der Waals surface area contributed by atoms with Gasteiger partial charge in [-0.05, 0) is 68.7 Å². The molecular weight excluding hydrogens is 586 g/mol. The van der Waals surface area contributed by atoms with Crippen molar-refractivity contribution >= 4 is 39.8 Å². The maximum atomic E-state index is 14.0. The molecule has 11 heteroatoms. The van der Waals surface area contributed by atoms with Crippen LogP contribution in [0.15, 0.2) is 43.0 Å². The summed E-state index contributed by atoms with van der Waals surface area (Å²) in [6, 6.07) is 9.96. The molecule has 44 heavy (non-hydrogen) atoms. The highest BCUT2D eigenvalue weighted by Crippen LogP contribution is 2.37. The largest absolute Gasteiger partial charge is 0.467 e. The van der Waals surface area contributed by atoms with E-state index >= 15 is 0 Å². The fraction of sp³-hybridized carbons (Fsp3) is 0.485. The summed E-state index contributed by atoms with van der Waals surface area (Å²) in [5.74, 6) is 0.450. The molecule has 0 saturated carbocycles. The van der Waals surface area contributed by atoms with Crippen LogP contribution in [0.25, 0.3) is 10.8 Å². The van der Waals surface area contributed by atoms with Gasteiger partial charge in [0.05, 0.1) is 24.4 Å². The van der Waals surface area contributed by atoms with Crippen LogP contribution in [-0.2, 0) is 17.8 Å². The smallest absolute Gasteiger partial charge is 0.318 e. The molecule has 4 aliphatic heterocycles. The minimum atomic E-state index is -0.518. The average Bonchev–Trinajstić information content (AvgIpc) is 3.81. The van der Waals surface area contributed by atoms with Crippen LogP contribution in [0.3, 0.4) is 0 Å². The van der Waals surface area contributed by atoms with Crippen molar-refractivity contribution in [3.63, 3.8) is 0 Å². The summed E-state index contributed by atoms with van der Waals surface area (Å²) in [7, 11) is 3.39. The molecule has 5 heterocycles. The number of halogens is 3. The second kappa shape index (κ2) is 14.5. The standard InChI is InChI=1S/C19H18ClFN4O.C7H12FN.C7H11NO/c1-22-18-12-8-9-25(10-14(12)23-19(24-18)26-2)15-5-3-4-11-6-7-13(21)17(20)16(11)15;8-6-4-7-2-1-3-9(7)5-6;1-2-7(9)8-5-3-4-6-8/h3-7H,8-10H2,1-2H3,(H,22,23,24);6-7H,1-5H2;2H,1,3-6H2. The molecule has 3 aromatic rings. The second-order valence-electron chi connectivity index (χ2n) is 11.5. The number of aromatic nitrogens is 2. The molecule has 1 aromatic heterocycles. The first-order valence-electron chi connectivity index (χ1n) is 15.4. The van der Waals surface area contributed by atoms with Gasteiger partial charge >= 0.3 is 6.01 Å². The average molecular weight is 627 g/mol. The van der Waals surface area contributed by atoms with E-state index in [0.717, 1.165) is 85.4 Å². The predicted molar refractivity (Wildman–Crippen MR) is 172 cm³/mol. The quantitative estimate of drug-likeness (QED) is 0.355. The first kappa shape index (κ1) is 31.9. The van der Waals surface area contributed by atoms with E-state index in [-0.39, 0.29) is 10.9 Å². The van der Waals surface area contributed by atoms with Crippen molar-refractivity contribution in [3.8, 4) is 6.01 Å². The number of nitrogens with zero attached hydrogens (tertiary/aromatic N) is 5. The van der Waals surface area contributed by atoms with Crippen LogP contribution >= 0.6 is 11.6 Å². The summed E-state index contributed by atoms with van der Waals surface area (Å²) in [6.07, 6.45) is 7.27. The third kappa shape index (κ3) is 7.07. The number of ether oxygens (including phenoxy) is 1. The number of benzene rings is 2.